The van der Waals surface area contributed by atoms with Crippen LogP contribution in [0.3, 0.4) is 0 Å². The Morgan fingerprint density at radius 1 is 1.00 bits per heavy atom. The van der Waals surface area contributed by atoms with Crippen LogP contribution < -0.4 is 5.73 Å². The number of nitrogen functional groups attached to an aromatic ring is 1. The van der Waals surface area contributed by atoms with E-state index in [0.717, 1.165) is 42.0 Å². The van der Waals surface area contributed by atoms with E-state index >= 15 is 0 Å². The monoisotopic (exact) mass is 486 g/mol. The van der Waals surface area contributed by atoms with Crippen molar-refractivity contribution in [3.05, 3.63) is 23.3 Å². The summed E-state index contributed by atoms with van der Waals surface area (Å²) in [6, 6.07) is 3.79. The zero-order valence-corrected chi connectivity index (χ0v) is 22.2. The lowest BCUT2D eigenvalue weighted by atomic mass is 9.79. The van der Waals surface area contributed by atoms with Crippen LogP contribution in [0.4, 0.5) is 5.13 Å². The molecular formula is C29H46N2O2S. The molecule has 1 atom stereocenters. The van der Waals surface area contributed by atoms with Crippen LogP contribution in [0.1, 0.15) is 133 Å². The molecule has 0 aliphatic heterocycles. The first-order valence-electron chi connectivity index (χ1n) is 14.0. The fourth-order valence-corrected chi connectivity index (χ4v) is 6.42. The Hall–Kier alpha value is -1.62. The van der Waals surface area contributed by atoms with Gasteiger partial charge in [0.2, 0.25) is 0 Å². The molecule has 2 heterocycles. The van der Waals surface area contributed by atoms with Gasteiger partial charge in [0.25, 0.3) is 0 Å². The van der Waals surface area contributed by atoms with Gasteiger partial charge in [0.05, 0.1) is 12.2 Å². The van der Waals surface area contributed by atoms with Crippen molar-refractivity contribution in [2.45, 2.75) is 128 Å². The lowest BCUT2D eigenvalue weighted by Gasteiger charge is -2.25. The van der Waals surface area contributed by atoms with Crippen LogP contribution in [-0.4, -0.2) is 10.8 Å². The Morgan fingerprint density at radius 2 is 1.62 bits per heavy atom. The first-order valence-corrected chi connectivity index (χ1v) is 14.9. The van der Waals surface area contributed by atoms with Crippen LogP contribution in [0.15, 0.2) is 22.8 Å². The number of hydrogen-bond acceptors (Lipinski definition) is 5. The first-order chi connectivity index (χ1) is 16.7. The molecule has 190 valence electrons. The van der Waals surface area contributed by atoms with Crippen LogP contribution in [0.5, 0.6) is 0 Å². The third kappa shape index (κ3) is 8.55. The molecule has 1 unspecified atom stereocenters. The SMILES string of the molecule is CCCCCCCCCCCCCCC(C(=O)C1CCCCC1)c1sc(N)nc1-c1ccco1. The number of ketones is 1. The van der Waals surface area contributed by atoms with Crippen molar-refractivity contribution in [3.63, 3.8) is 0 Å². The van der Waals surface area contributed by atoms with Crippen molar-refractivity contribution >= 4 is 22.3 Å². The second-order valence-electron chi connectivity index (χ2n) is 10.2. The maximum atomic E-state index is 13.7. The molecule has 5 heteroatoms. The minimum Gasteiger partial charge on any atom is -0.463 e. The molecular weight excluding hydrogens is 440 g/mol. The number of thiazole rings is 1. The van der Waals surface area contributed by atoms with Crippen molar-refractivity contribution in [1.29, 1.82) is 0 Å². The number of hydrogen-bond donors (Lipinski definition) is 1. The van der Waals surface area contributed by atoms with E-state index in [4.69, 9.17) is 10.2 Å². The van der Waals surface area contributed by atoms with E-state index in [1.165, 1.54) is 101 Å². The minimum atomic E-state index is -0.0962. The highest BCUT2D eigenvalue weighted by atomic mass is 32.1. The van der Waals surface area contributed by atoms with Crippen molar-refractivity contribution in [2.75, 3.05) is 5.73 Å². The average Bonchev–Trinajstić information content (AvgIpc) is 3.52. The summed E-state index contributed by atoms with van der Waals surface area (Å²) in [5.41, 5.74) is 6.90. The summed E-state index contributed by atoms with van der Waals surface area (Å²) in [6.07, 6.45) is 24.2. The van der Waals surface area contributed by atoms with Crippen molar-refractivity contribution in [3.8, 4) is 11.5 Å². The highest BCUT2D eigenvalue weighted by Gasteiger charge is 2.33. The van der Waals surface area contributed by atoms with Gasteiger partial charge in [-0.15, -0.1) is 11.3 Å². The summed E-state index contributed by atoms with van der Waals surface area (Å²) in [7, 11) is 0. The molecule has 2 aromatic heterocycles. The summed E-state index contributed by atoms with van der Waals surface area (Å²) in [5.74, 6) is 1.24. The largest absolute Gasteiger partial charge is 0.463 e. The molecule has 1 saturated carbocycles. The van der Waals surface area contributed by atoms with E-state index < -0.39 is 0 Å². The Balaban J connectivity index is 1.49. The number of carbonyl (C=O) groups excluding carboxylic acids is 1. The van der Waals surface area contributed by atoms with E-state index in [1.54, 1.807) is 6.26 Å². The van der Waals surface area contributed by atoms with Gasteiger partial charge >= 0.3 is 0 Å². The number of unbranched alkanes of at least 4 members (excludes halogenated alkanes) is 11. The maximum absolute atomic E-state index is 13.7. The summed E-state index contributed by atoms with van der Waals surface area (Å²) in [4.78, 5) is 19.3. The van der Waals surface area contributed by atoms with Crippen molar-refractivity contribution < 1.29 is 9.21 Å². The van der Waals surface area contributed by atoms with Gasteiger partial charge in [-0.3, -0.25) is 4.79 Å². The highest BCUT2D eigenvalue weighted by molar-refractivity contribution is 7.16. The molecule has 0 spiro atoms. The van der Waals surface area contributed by atoms with Crippen LogP contribution in [-0.2, 0) is 4.79 Å². The topological polar surface area (TPSA) is 69.1 Å². The zero-order chi connectivity index (χ0) is 24.0. The second kappa shape index (κ2) is 15.4. The summed E-state index contributed by atoms with van der Waals surface area (Å²) >= 11 is 1.48. The van der Waals surface area contributed by atoms with E-state index in [1.807, 2.05) is 12.1 Å². The Kier molecular flexibility index (Phi) is 12.2. The number of nitrogens with zero attached hydrogens (tertiary/aromatic N) is 1. The average molecular weight is 487 g/mol. The van der Waals surface area contributed by atoms with Crippen molar-refractivity contribution in [1.82, 2.24) is 4.98 Å². The Bertz CT molecular complexity index is 808. The van der Waals surface area contributed by atoms with Crippen molar-refractivity contribution in [2.24, 2.45) is 5.92 Å². The molecule has 1 fully saturated rings. The molecule has 0 radical (unpaired) electrons. The number of carbonyl (C=O) groups is 1. The van der Waals surface area contributed by atoms with Gasteiger partial charge in [0, 0.05) is 10.8 Å². The zero-order valence-electron chi connectivity index (χ0n) is 21.4. The second-order valence-corrected chi connectivity index (χ2v) is 11.3. The van der Waals surface area contributed by atoms with E-state index in [2.05, 4.69) is 11.9 Å². The standard InChI is InChI=1S/C29H46N2O2S/c1-2-3-4-5-6-7-8-9-10-11-12-16-20-24(27(32)23-18-14-13-15-19-23)28-26(31-29(30)34-28)25-21-17-22-33-25/h17,21-24H,2-16,18-20H2,1H3,(H2,30,31). The number of rotatable bonds is 17. The molecule has 2 aromatic rings. The molecule has 1 aliphatic rings. The van der Waals surface area contributed by atoms with Gasteiger partial charge in [0.15, 0.2) is 10.9 Å². The summed E-state index contributed by atoms with van der Waals surface area (Å²) in [5, 5.41) is 0.525. The van der Waals surface area contributed by atoms with E-state index in [-0.39, 0.29) is 11.8 Å². The molecule has 2 N–H and O–H groups in total. The third-order valence-electron chi connectivity index (χ3n) is 7.44. The quantitative estimate of drug-likeness (QED) is 0.226. The third-order valence-corrected chi connectivity index (χ3v) is 8.44. The van der Waals surface area contributed by atoms with Gasteiger partial charge in [-0.05, 0) is 31.4 Å². The Morgan fingerprint density at radius 3 is 2.21 bits per heavy atom. The van der Waals surface area contributed by atoms with Gasteiger partial charge in [-0.25, -0.2) is 4.98 Å². The molecule has 4 nitrogen and oxygen atoms in total. The lowest BCUT2D eigenvalue weighted by molar-refractivity contribution is -0.125. The van der Waals surface area contributed by atoms with E-state index in [9.17, 15) is 4.79 Å². The number of nitrogens with two attached hydrogens (primary N) is 1. The minimum absolute atomic E-state index is 0.0962. The maximum Gasteiger partial charge on any atom is 0.180 e. The number of Topliss-reactive ketones (excluding diaryl/α,β-unsaturated/α-hetero) is 1. The van der Waals surface area contributed by atoms with Crippen LogP contribution >= 0.6 is 11.3 Å². The number of furan rings is 1. The van der Waals surface area contributed by atoms with E-state index in [0.29, 0.717) is 10.9 Å². The first kappa shape index (κ1) is 27.0. The van der Waals surface area contributed by atoms with Gasteiger partial charge in [0.1, 0.15) is 11.5 Å². The van der Waals surface area contributed by atoms with Crippen LogP contribution in [0.25, 0.3) is 11.5 Å². The molecule has 34 heavy (non-hydrogen) atoms. The molecule has 1 aliphatic carbocycles. The highest BCUT2D eigenvalue weighted by Crippen LogP contribution is 2.41. The molecule has 0 bridgehead atoms. The molecule has 0 amide bonds. The summed E-state index contributed by atoms with van der Waals surface area (Å²) < 4.78 is 5.64. The van der Waals surface area contributed by atoms with Crippen LogP contribution in [0, 0.1) is 5.92 Å². The smallest absolute Gasteiger partial charge is 0.180 e. The fourth-order valence-electron chi connectivity index (χ4n) is 5.44. The van der Waals surface area contributed by atoms with Gasteiger partial charge in [-0.2, -0.15) is 0 Å². The number of anilines is 1. The predicted molar refractivity (Wildman–Crippen MR) is 144 cm³/mol. The Labute approximate surface area is 211 Å². The summed E-state index contributed by atoms with van der Waals surface area (Å²) in [6.45, 7) is 2.28. The molecule has 0 aromatic carbocycles. The van der Waals surface area contributed by atoms with Gasteiger partial charge in [-0.1, -0.05) is 103 Å². The van der Waals surface area contributed by atoms with Gasteiger partial charge < -0.3 is 10.2 Å². The number of aromatic nitrogens is 1. The molecule has 3 rings (SSSR count). The predicted octanol–water partition coefficient (Wildman–Crippen LogP) is 9.31. The fraction of sp³-hybridized carbons (Fsp3) is 0.724. The lowest BCUT2D eigenvalue weighted by Crippen LogP contribution is -2.24. The van der Waals surface area contributed by atoms with Crippen LogP contribution in [0.2, 0.25) is 0 Å². The molecule has 0 saturated heterocycles. The normalized spacial score (nSPS) is 15.6.